The van der Waals surface area contributed by atoms with Crippen LogP contribution < -0.4 is 11.1 Å². The molecule has 0 heterocycles. The highest BCUT2D eigenvalue weighted by molar-refractivity contribution is 9.10. The quantitative estimate of drug-likeness (QED) is 0.642. The lowest BCUT2D eigenvalue weighted by atomic mass is 9.76. The number of benzene rings is 1. The summed E-state index contributed by atoms with van der Waals surface area (Å²) in [5.41, 5.74) is 5.62. The average molecular weight is 356 g/mol. The molecule has 0 radical (unpaired) electrons. The molecule has 1 saturated carbocycles. The predicted molar refractivity (Wildman–Crippen MR) is 84.0 cm³/mol. The molecule has 1 aliphatic rings. The van der Waals surface area contributed by atoms with Crippen LogP contribution in [0.15, 0.2) is 22.7 Å². The minimum absolute atomic E-state index is 0.0871. The zero-order chi connectivity index (χ0) is 15.6. The Bertz CT molecular complexity index is 579. The van der Waals surface area contributed by atoms with E-state index in [4.69, 9.17) is 5.73 Å². The monoisotopic (exact) mass is 355 g/mol. The topological polar surface area (TPSA) is 98.3 Å². The lowest BCUT2D eigenvalue weighted by molar-refractivity contribution is -0.385. The minimum Gasteiger partial charge on any atom is -0.324 e. The second-order valence-electron chi connectivity index (χ2n) is 5.74. The second kappa shape index (κ2) is 6.11. The number of anilines is 1. The van der Waals surface area contributed by atoms with E-state index in [9.17, 15) is 14.9 Å². The molecule has 0 bridgehead atoms. The van der Waals surface area contributed by atoms with E-state index in [1.54, 1.807) is 12.1 Å². The molecule has 2 unspecified atom stereocenters. The van der Waals surface area contributed by atoms with E-state index in [1.165, 1.54) is 6.07 Å². The summed E-state index contributed by atoms with van der Waals surface area (Å²) >= 11 is 3.11. The number of hydrogen-bond donors (Lipinski definition) is 2. The molecule has 1 aromatic carbocycles. The van der Waals surface area contributed by atoms with Crippen molar-refractivity contribution in [1.29, 1.82) is 0 Å². The van der Waals surface area contributed by atoms with Crippen LogP contribution in [0, 0.1) is 16.0 Å². The zero-order valence-corrected chi connectivity index (χ0v) is 13.4. The number of nitro benzene ring substituents is 1. The van der Waals surface area contributed by atoms with Crippen molar-refractivity contribution in [2.24, 2.45) is 11.7 Å². The SMILES string of the molecule is CC1CCCC(N)(C(=O)Nc2ccc(Br)c([N+](=O)[O-])c2)C1. The van der Waals surface area contributed by atoms with Gasteiger partial charge in [-0.25, -0.2) is 0 Å². The number of rotatable bonds is 3. The van der Waals surface area contributed by atoms with Crippen molar-refractivity contribution in [1.82, 2.24) is 0 Å². The minimum atomic E-state index is -0.889. The van der Waals surface area contributed by atoms with Gasteiger partial charge in [0.25, 0.3) is 5.69 Å². The van der Waals surface area contributed by atoms with Crippen molar-refractivity contribution in [3.05, 3.63) is 32.8 Å². The maximum Gasteiger partial charge on any atom is 0.285 e. The van der Waals surface area contributed by atoms with Crippen molar-refractivity contribution in [2.45, 2.75) is 38.1 Å². The predicted octanol–water partition coefficient (Wildman–Crippen LogP) is 3.20. The first-order valence-corrected chi connectivity index (χ1v) is 7.65. The molecule has 1 aromatic rings. The first-order chi connectivity index (χ1) is 9.82. The van der Waals surface area contributed by atoms with E-state index >= 15 is 0 Å². The molecule has 21 heavy (non-hydrogen) atoms. The number of nitrogens with two attached hydrogens (primary N) is 1. The largest absolute Gasteiger partial charge is 0.324 e. The molecule has 0 aromatic heterocycles. The number of nitrogens with zero attached hydrogens (tertiary/aromatic N) is 1. The Labute approximate surface area is 131 Å². The Balaban J connectivity index is 2.16. The van der Waals surface area contributed by atoms with Crippen LogP contribution >= 0.6 is 15.9 Å². The highest BCUT2D eigenvalue weighted by Crippen LogP contribution is 2.32. The van der Waals surface area contributed by atoms with Crippen LogP contribution in [-0.4, -0.2) is 16.4 Å². The number of carbonyl (C=O) groups is 1. The highest BCUT2D eigenvalue weighted by atomic mass is 79.9. The lowest BCUT2D eigenvalue weighted by Gasteiger charge is -2.35. The molecule has 6 nitrogen and oxygen atoms in total. The number of halogens is 1. The van der Waals surface area contributed by atoms with Crippen molar-refractivity contribution < 1.29 is 9.72 Å². The lowest BCUT2D eigenvalue weighted by Crippen LogP contribution is -2.53. The average Bonchev–Trinajstić information content (AvgIpc) is 2.40. The third kappa shape index (κ3) is 3.59. The van der Waals surface area contributed by atoms with Crippen molar-refractivity contribution in [3.63, 3.8) is 0 Å². The third-order valence-corrected chi connectivity index (χ3v) is 4.56. The van der Waals surface area contributed by atoms with Gasteiger partial charge in [-0.05, 0) is 46.8 Å². The molecule has 0 spiro atoms. The van der Waals surface area contributed by atoms with Crippen molar-refractivity contribution in [3.8, 4) is 0 Å². The van der Waals surface area contributed by atoms with Gasteiger partial charge in [-0.1, -0.05) is 19.8 Å². The Morgan fingerprint density at radius 3 is 2.90 bits per heavy atom. The maximum atomic E-state index is 12.4. The van der Waals surface area contributed by atoms with Crippen molar-refractivity contribution >= 4 is 33.2 Å². The summed E-state index contributed by atoms with van der Waals surface area (Å²) in [7, 11) is 0. The fourth-order valence-electron chi connectivity index (χ4n) is 2.78. The van der Waals surface area contributed by atoms with Crippen LogP contribution in [0.2, 0.25) is 0 Å². The van der Waals surface area contributed by atoms with Crippen molar-refractivity contribution in [2.75, 3.05) is 5.32 Å². The van der Waals surface area contributed by atoms with Crippen LogP contribution in [0.5, 0.6) is 0 Å². The van der Waals surface area contributed by atoms with Gasteiger partial charge in [0.05, 0.1) is 14.9 Å². The highest BCUT2D eigenvalue weighted by Gasteiger charge is 2.38. The summed E-state index contributed by atoms with van der Waals surface area (Å²) in [6, 6.07) is 4.49. The molecule has 114 valence electrons. The third-order valence-electron chi connectivity index (χ3n) is 3.89. The van der Waals surface area contributed by atoms with Gasteiger partial charge >= 0.3 is 0 Å². The van der Waals surface area contributed by atoms with E-state index in [0.717, 1.165) is 12.8 Å². The van der Waals surface area contributed by atoms with Crippen LogP contribution in [0.4, 0.5) is 11.4 Å². The first kappa shape index (κ1) is 15.9. The van der Waals surface area contributed by atoms with Crippen LogP contribution in [0.25, 0.3) is 0 Å². The van der Waals surface area contributed by atoms with Crippen LogP contribution in [0.1, 0.15) is 32.6 Å². The van der Waals surface area contributed by atoms with E-state index < -0.39 is 10.5 Å². The molecule has 0 saturated heterocycles. The first-order valence-electron chi connectivity index (χ1n) is 6.86. The van der Waals surface area contributed by atoms with E-state index in [0.29, 0.717) is 28.9 Å². The van der Waals surface area contributed by atoms with Gasteiger partial charge in [0, 0.05) is 11.8 Å². The Morgan fingerprint density at radius 1 is 1.57 bits per heavy atom. The normalized spacial score (nSPS) is 25.4. The zero-order valence-electron chi connectivity index (χ0n) is 11.8. The summed E-state index contributed by atoms with van der Waals surface area (Å²) < 4.78 is 0.374. The number of nitrogens with one attached hydrogen (secondary N) is 1. The molecule has 1 aliphatic carbocycles. The van der Waals surface area contributed by atoms with E-state index in [2.05, 4.69) is 28.2 Å². The summed E-state index contributed by atoms with van der Waals surface area (Å²) in [6.45, 7) is 2.08. The molecule has 1 amide bonds. The summed E-state index contributed by atoms with van der Waals surface area (Å²) in [5.74, 6) is 0.138. The van der Waals surface area contributed by atoms with Gasteiger partial charge in [-0.15, -0.1) is 0 Å². The number of nitro groups is 1. The number of amides is 1. The van der Waals surface area contributed by atoms with Gasteiger partial charge in [0.2, 0.25) is 5.91 Å². The summed E-state index contributed by atoms with van der Waals surface area (Å²) in [6.07, 6.45) is 3.28. The molecule has 2 atom stereocenters. The van der Waals surface area contributed by atoms with Crippen LogP contribution in [0.3, 0.4) is 0 Å². The Kier molecular flexibility index (Phi) is 4.63. The van der Waals surface area contributed by atoms with Gasteiger partial charge in [-0.2, -0.15) is 0 Å². The standard InChI is InChI=1S/C14H18BrN3O3/c1-9-3-2-6-14(16,8-9)13(19)17-10-4-5-11(15)12(7-10)18(20)21/h4-5,7,9H,2-3,6,8,16H2,1H3,(H,17,19). The van der Waals surface area contributed by atoms with Crippen LogP contribution in [-0.2, 0) is 4.79 Å². The molecule has 2 rings (SSSR count). The number of carbonyl (C=O) groups excluding carboxylic acids is 1. The van der Waals surface area contributed by atoms with Gasteiger partial charge in [0.1, 0.15) is 0 Å². The van der Waals surface area contributed by atoms with Gasteiger partial charge in [0.15, 0.2) is 0 Å². The maximum absolute atomic E-state index is 12.4. The van der Waals surface area contributed by atoms with E-state index in [-0.39, 0.29) is 11.6 Å². The Hall–Kier alpha value is -1.47. The van der Waals surface area contributed by atoms with Gasteiger partial charge < -0.3 is 11.1 Å². The summed E-state index contributed by atoms with van der Waals surface area (Å²) in [5, 5.41) is 13.6. The summed E-state index contributed by atoms with van der Waals surface area (Å²) in [4.78, 5) is 22.8. The fourth-order valence-corrected chi connectivity index (χ4v) is 3.18. The fraction of sp³-hybridized carbons (Fsp3) is 0.500. The van der Waals surface area contributed by atoms with Gasteiger partial charge in [-0.3, -0.25) is 14.9 Å². The molecule has 0 aliphatic heterocycles. The molecule has 1 fully saturated rings. The Morgan fingerprint density at radius 2 is 2.29 bits per heavy atom. The molecular weight excluding hydrogens is 338 g/mol. The second-order valence-corrected chi connectivity index (χ2v) is 6.59. The molecule has 3 N–H and O–H groups in total. The number of hydrogen-bond acceptors (Lipinski definition) is 4. The molecular formula is C14H18BrN3O3. The smallest absolute Gasteiger partial charge is 0.285 e. The molecule has 7 heteroatoms. The van der Waals surface area contributed by atoms with E-state index in [1.807, 2.05) is 0 Å².